The molecule has 1 fully saturated rings. The molecule has 0 spiro atoms. The molecule has 0 aliphatic carbocycles. The van der Waals surface area contributed by atoms with Crippen molar-refractivity contribution in [2.75, 3.05) is 33.2 Å². The average Bonchev–Trinajstić information content (AvgIpc) is 2.11. The van der Waals surface area contributed by atoms with E-state index >= 15 is 0 Å². The highest BCUT2D eigenvalue weighted by Crippen LogP contribution is 2.17. The van der Waals surface area contributed by atoms with Crippen molar-refractivity contribution in [1.29, 1.82) is 0 Å². The molecule has 1 heterocycles. The first-order chi connectivity index (χ1) is 6.97. The molecular weight excluding hydrogens is 184 g/mol. The molecule has 1 rings (SSSR count). The molecule has 2 heteroatoms. The summed E-state index contributed by atoms with van der Waals surface area (Å²) in [6.07, 6.45) is 4.06. The summed E-state index contributed by atoms with van der Waals surface area (Å²) in [7, 11) is 2.24. The van der Waals surface area contributed by atoms with Gasteiger partial charge in [0.25, 0.3) is 0 Å². The second-order valence-corrected chi connectivity index (χ2v) is 6.29. The molecule has 0 aromatic carbocycles. The minimum Gasteiger partial charge on any atom is -0.316 e. The highest BCUT2D eigenvalue weighted by Gasteiger charge is 2.16. The van der Waals surface area contributed by atoms with Crippen LogP contribution in [0, 0.1) is 11.3 Å². The molecule has 0 saturated carbocycles. The van der Waals surface area contributed by atoms with Gasteiger partial charge in [0.1, 0.15) is 0 Å². The summed E-state index contributed by atoms with van der Waals surface area (Å²) in [5.41, 5.74) is 0.469. The van der Waals surface area contributed by atoms with Gasteiger partial charge in [-0.05, 0) is 57.3 Å². The van der Waals surface area contributed by atoms with Crippen LogP contribution in [0.5, 0.6) is 0 Å². The Morgan fingerprint density at radius 1 is 1.33 bits per heavy atom. The van der Waals surface area contributed by atoms with E-state index in [1.807, 2.05) is 0 Å². The third-order valence-electron chi connectivity index (χ3n) is 3.21. The molecule has 0 aromatic rings. The van der Waals surface area contributed by atoms with Gasteiger partial charge in [0.05, 0.1) is 0 Å². The van der Waals surface area contributed by atoms with E-state index in [9.17, 15) is 0 Å². The van der Waals surface area contributed by atoms with Crippen LogP contribution in [0.15, 0.2) is 0 Å². The van der Waals surface area contributed by atoms with Gasteiger partial charge in [-0.25, -0.2) is 0 Å². The molecule has 1 aliphatic heterocycles. The molecule has 0 bridgehead atoms. The Hall–Kier alpha value is -0.0800. The number of hydrogen-bond donors (Lipinski definition) is 1. The van der Waals surface area contributed by atoms with E-state index in [4.69, 9.17) is 0 Å². The molecule has 1 aliphatic rings. The smallest absolute Gasteiger partial charge is 0.00187 e. The lowest BCUT2D eigenvalue weighted by atomic mass is 9.92. The van der Waals surface area contributed by atoms with E-state index in [1.54, 1.807) is 0 Å². The SMILES string of the molecule is CN1CCCC(CNCCC(C)(C)C)C1. The van der Waals surface area contributed by atoms with Crippen molar-refractivity contribution >= 4 is 0 Å². The summed E-state index contributed by atoms with van der Waals surface area (Å²) in [5, 5.41) is 3.61. The Morgan fingerprint density at radius 3 is 2.67 bits per heavy atom. The molecule has 1 saturated heterocycles. The third kappa shape index (κ3) is 6.16. The Labute approximate surface area is 95.4 Å². The summed E-state index contributed by atoms with van der Waals surface area (Å²) >= 11 is 0. The lowest BCUT2D eigenvalue weighted by Crippen LogP contribution is -2.37. The first kappa shape index (κ1) is 13.0. The van der Waals surface area contributed by atoms with Gasteiger partial charge in [0.2, 0.25) is 0 Å². The van der Waals surface area contributed by atoms with Gasteiger partial charge in [-0.3, -0.25) is 0 Å². The third-order valence-corrected chi connectivity index (χ3v) is 3.21. The maximum atomic E-state index is 3.61. The number of rotatable bonds is 4. The fraction of sp³-hybridized carbons (Fsp3) is 1.00. The number of hydrogen-bond acceptors (Lipinski definition) is 2. The van der Waals surface area contributed by atoms with E-state index < -0.39 is 0 Å². The van der Waals surface area contributed by atoms with Crippen molar-refractivity contribution in [3.05, 3.63) is 0 Å². The van der Waals surface area contributed by atoms with Crippen molar-refractivity contribution in [1.82, 2.24) is 10.2 Å². The quantitative estimate of drug-likeness (QED) is 0.720. The minimum atomic E-state index is 0.469. The summed E-state index contributed by atoms with van der Waals surface area (Å²) in [5.74, 6) is 0.878. The van der Waals surface area contributed by atoms with Crippen molar-refractivity contribution < 1.29 is 0 Å². The zero-order valence-electron chi connectivity index (χ0n) is 11.0. The Kier molecular flexibility index (Phi) is 5.07. The Morgan fingerprint density at radius 2 is 2.07 bits per heavy atom. The maximum absolute atomic E-state index is 3.61. The highest BCUT2D eigenvalue weighted by molar-refractivity contribution is 4.73. The van der Waals surface area contributed by atoms with Gasteiger partial charge in [-0.2, -0.15) is 0 Å². The standard InChI is InChI=1S/C13H28N2/c1-13(2,3)7-8-14-10-12-6-5-9-15(4)11-12/h12,14H,5-11H2,1-4H3. The largest absolute Gasteiger partial charge is 0.316 e. The van der Waals surface area contributed by atoms with E-state index in [2.05, 4.69) is 38.0 Å². The lowest BCUT2D eigenvalue weighted by molar-refractivity contribution is 0.205. The van der Waals surface area contributed by atoms with Crippen LogP contribution in [0.1, 0.15) is 40.0 Å². The van der Waals surface area contributed by atoms with Gasteiger partial charge < -0.3 is 10.2 Å². The van der Waals surface area contributed by atoms with Crippen LogP contribution >= 0.6 is 0 Å². The van der Waals surface area contributed by atoms with Crippen LogP contribution in [-0.2, 0) is 0 Å². The normalized spacial score (nSPS) is 24.4. The van der Waals surface area contributed by atoms with E-state index in [-0.39, 0.29) is 0 Å². The molecule has 15 heavy (non-hydrogen) atoms. The molecule has 1 atom stereocenters. The topological polar surface area (TPSA) is 15.3 Å². The molecule has 0 amide bonds. The van der Waals surface area contributed by atoms with Gasteiger partial charge in [0, 0.05) is 6.54 Å². The predicted octanol–water partition coefficient (Wildman–Crippen LogP) is 2.35. The van der Waals surface area contributed by atoms with E-state index in [0.29, 0.717) is 5.41 Å². The fourth-order valence-electron chi connectivity index (χ4n) is 2.21. The monoisotopic (exact) mass is 212 g/mol. The van der Waals surface area contributed by atoms with Crippen LogP contribution in [0.3, 0.4) is 0 Å². The predicted molar refractivity (Wildman–Crippen MR) is 67.2 cm³/mol. The molecule has 0 aromatic heterocycles. The number of nitrogens with zero attached hydrogens (tertiary/aromatic N) is 1. The first-order valence-corrected chi connectivity index (χ1v) is 6.37. The number of nitrogens with one attached hydrogen (secondary N) is 1. The second kappa shape index (κ2) is 5.86. The maximum Gasteiger partial charge on any atom is 0.00187 e. The van der Waals surface area contributed by atoms with Crippen molar-refractivity contribution in [3.8, 4) is 0 Å². The average molecular weight is 212 g/mol. The molecule has 0 radical (unpaired) electrons. The molecule has 2 nitrogen and oxygen atoms in total. The van der Waals surface area contributed by atoms with Crippen LogP contribution in [0.2, 0.25) is 0 Å². The van der Waals surface area contributed by atoms with Gasteiger partial charge in [0.15, 0.2) is 0 Å². The van der Waals surface area contributed by atoms with Crippen LogP contribution in [-0.4, -0.2) is 38.1 Å². The van der Waals surface area contributed by atoms with Crippen LogP contribution in [0.4, 0.5) is 0 Å². The fourth-order valence-corrected chi connectivity index (χ4v) is 2.21. The summed E-state index contributed by atoms with van der Waals surface area (Å²) in [4.78, 5) is 2.46. The molecule has 1 N–H and O–H groups in total. The summed E-state index contributed by atoms with van der Waals surface area (Å²) in [6.45, 7) is 11.9. The van der Waals surface area contributed by atoms with Gasteiger partial charge in [-0.1, -0.05) is 20.8 Å². The van der Waals surface area contributed by atoms with Crippen LogP contribution in [0.25, 0.3) is 0 Å². The summed E-state index contributed by atoms with van der Waals surface area (Å²) in [6, 6.07) is 0. The lowest BCUT2D eigenvalue weighted by Gasteiger charge is -2.30. The first-order valence-electron chi connectivity index (χ1n) is 6.37. The van der Waals surface area contributed by atoms with Crippen molar-refractivity contribution in [2.45, 2.75) is 40.0 Å². The van der Waals surface area contributed by atoms with Crippen LogP contribution < -0.4 is 5.32 Å². The molecule has 1 unspecified atom stereocenters. The number of likely N-dealkylation sites (tertiary alicyclic amines) is 1. The minimum absolute atomic E-state index is 0.469. The zero-order valence-corrected chi connectivity index (χ0v) is 11.0. The number of piperidine rings is 1. The van der Waals surface area contributed by atoms with Crippen molar-refractivity contribution in [3.63, 3.8) is 0 Å². The summed E-state index contributed by atoms with van der Waals surface area (Å²) < 4.78 is 0. The van der Waals surface area contributed by atoms with E-state index in [1.165, 1.54) is 45.4 Å². The molecule has 90 valence electrons. The highest BCUT2D eigenvalue weighted by atomic mass is 15.1. The van der Waals surface area contributed by atoms with Gasteiger partial charge in [-0.15, -0.1) is 0 Å². The van der Waals surface area contributed by atoms with Gasteiger partial charge >= 0.3 is 0 Å². The zero-order chi connectivity index (χ0) is 11.3. The van der Waals surface area contributed by atoms with Crippen molar-refractivity contribution in [2.24, 2.45) is 11.3 Å². The second-order valence-electron chi connectivity index (χ2n) is 6.29. The molecular formula is C13H28N2. The Balaban J connectivity index is 2.04. The van der Waals surface area contributed by atoms with E-state index in [0.717, 1.165) is 5.92 Å². The Bertz CT molecular complexity index is 172.